The van der Waals surface area contributed by atoms with E-state index in [4.69, 9.17) is 0 Å². The molecule has 1 aliphatic rings. The number of hydrogen-bond donors (Lipinski definition) is 0. The maximum atomic E-state index is 13.3. The Bertz CT molecular complexity index is 146. The van der Waals surface area contributed by atoms with Gasteiger partial charge in [0.05, 0.1) is 0 Å². The van der Waals surface area contributed by atoms with Crippen LogP contribution in [0.3, 0.4) is 0 Å². The summed E-state index contributed by atoms with van der Waals surface area (Å²) in [5, 5.41) is 0. The van der Waals surface area contributed by atoms with Crippen LogP contribution >= 0.6 is 0 Å². The summed E-state index contributed by atoms with van der Waals surface area (Å²) in [6.45, 7) is 9.59. The average Bonchev–Trinajstić information content (AvgIpc) is 2.07. The predicted octanol–water partition coefficient (Wildman–Crippen LogP) is 2.22. The molecular formula is C9H18FN. The van der Waals surface area contributed by atoms with Crippen LogP contribution in [0.4, 0.5) is 4.39 Å². The molecule has 0 saturated carbocycles. The second-order valence-corrected chi connectivity index (χ2v) is 4.76. The predicted molar refractivity (Wildman–Crippen MR) is 45.5 cm³/mol. The Kier molecular flexibility index (Phi) is 1.99. The molecule has 1 rings (SSSR count). The maximum Gasteiger partial charge on any atom is 0.122 e. The summed E-state index contributed by atoms with van der Waals surface area (Å²) in [6.07, 6.45) is 0.685. The topological polar surface area (TPSA) is 3.24 Å². The van der Waals surface area contributed by atoms with Gasteiger partial charge in [-0.1, -0.05) is 0 Å². The lowest BCUT2D eigenvalue weighted by atomic mass is 10.1. The quantitative estimate of drug-likeness (QED) is 0.524. The zero-order valence-corrected chi connectivity index (χ0v) is 7.95. The van der Waals surface area contributed by atoms with Gasteiger partial charge >= 0.3 is 0 Å². The van der Waals surface area contributed by atoms with E-state index in [1.54, 1.807) is 6.92 Å². The Morgan fingerprint density at radius 1 is 1.36 bits per heavy atom. The lowest BCUT2D eigenvalue weighted by Crippen LogP contribution is -2.41. The molecule has 2 heteroatoms. The fraction of sp³-hybridized carbons (Fsp3) is 1.00. The van der Waals surface area contributed by atoms with Crippen LogP contribution in [0.15, 0.2) is 0 Å². The van der Waals surface area contributed by atoms with E-state index in [0.29, 0.717) is 13.0 Å². The molecule has 11 heavy (non-hydrogen) atoms. The van der Waals surface area contributed by atoms with E-state index in [-0.39, 0.29) is 5.54 Å². The first-order chi connectivity index (χ1) is 4.81. The van der Waals surface area contributed by atoms with Gasteiger partial charge in [-0.3, -0.25) is 4.90 Å². The minimum absolute atomic E-state index is 0.129. The first-order valence-corrected chi connectivity index (χ1v) is 4.25. The molecule has 0 N–H and O–H groups in total. The van der Waals surface area contributed by atoms with Crippen LogP contribution in [-0.4, -0.2) is 29.2 Å². The van der Waals surface area contributed by atoms with E-state index < -0.39 is 5.67 Å². The standard InChI is InChI=1S/C9H18FN/c1-8(2,3)11-6-5-9(4,10)7-11/h5-7H2,1-4H3/t9-/m0/s1. The van der Waals surface area contributed by atoms with E-state index in [1.807, 2.05) is 0 Å². The van der Waals surface area contributed by atoms with Crippen LogP contribution in [0.25, 0.3) is 0 Å². The molecule has 1 fully saturated rings. The summed E-state index contributed by atoms with van der Waals surface area (Å²) in [5.74, 6) is 0. The zero-order valence-electron chi connectivity index (χ0n) is 7.95. The van der Waals surface area contributed by atoms with E-state index >= 15 is 0 Å². The van der Waals surface area contributed by atoms with E-state index in [2.05, 4.69) is 25.7 Å². The molecule has 1 atom stereocenters. The Labute approximate surface area is 68.6 Å². The highest BCUT2D eigenvalue weighted by atomic mass is 19.1. The molecule has 0 aliphatic carbocycles. The van der Waals surface area contributed by atoms with Crippen molar-refractivity contribution in [2.45, 2.75) is 45.3 Å². The normalized spacial score (nSPS) is 34.6. The summed E-state index contributed by atoms with van der Waals surface area (Å²) in [5.41, 5.74) is -0.822. The van der Waals surface area contributed by atoms with Crippen molar-refractivity contribution in [1.82, 2.24) is 4.90 Å². The van der Waals surface area contributed by atoms with Crippen LogP contribution < -0.4 is 0 Å². The summed E-state index contributed by atoms with van der Waals surface area (Å²) in [7, 11) is 0. The van der Waals surface area contributed by atoms with Gasteiger partial charge in [-0.25, -0.2) is 4.39 Å². The van der Waals surface area contributed by atoms with Crippen LogP contribution in [-0.2, 0) is 0 Å². The van der Waals surface area contributed by atoms with Crippen molar-refractivity contribution in [1.29, 1.82) is 0 Å². The third-order valence-corrected chi connectivity index (χ3v) is 2.37. The fourth-order valence-corrected chi connectivity index (χ4v) is 1.50. The van der Waals surface area contributed by atoms with Gasteiger partial charge in [0.15, 0.2) is 0 Å². The third-order valence-electron chi connectivity index (χ3n) is 2.37. The summed E-state index contributed by atoms with van der Waals surface area (Å²) < 4.78 is 13.3. The molecule has 0 aromatic heterocycles. The number of hydrogen-bond acceptors (Lipinski definition) is 1. The van der Waals surface area contributed by atoms with Crippen molar-refractivity contribution in [3.05, 3.63) is 0 Å². The minimum atomic E-state index is -0.951. The van der Waals surface area contributed by atoms with Gasteiger partial charge in [-0.05, 0) is 34.1 Å². The molecule has 1 saturated heterocycles. The van der Waals surface area contributed by atoms with Crippen molar-refractivity contribution in [3.63, 3.8) is 0 Å². The number of likely N-dealkylation sites (tertiary alicyclic amines) is 1. The Balaban J connectivity index is 2.55. The number of rotatable bonds is 0. The molecule has 0 aromatic carbocycles. The Morgan fingerprint density at radius 2 is 1.91 bits per heavy atom. The van der Waals surface area contributed by atoms with Crippen molar-refractivity contribution >= 4 is 0 Å². The molecule has 0 bridgehead atoms. The van der Waals surface area contributed by atoms with Crippen LogP contribution in [0.2, 0.25) is 0 Å². The zero-order chi connectivity index (χ0) is 8.70. The highest BCUT2D eigenvalue weighted by Gasteiger charge is 2.37. The first-order valence-electron chi connectivity index (χ1n) is 4.25. The van der Waals surface area contributed by atoms with Crippen molar-refractivity contribution in [2.75, 3.05) is 13.1 Å². The molecule has 1 nitrogen and oxygen atoms in total. The molecule has 1 aliphatic heterocycles. The molecule has 0 spiro atoms. The van der Waals surface area contributed by atoms with Gasteiger partial charge in [-0.2, -0.15) is 0 Å². The van der Waals surface area contributed by atoms with E-state index in [9.17, 15) is 4.39 Å². The van der Waals surface area contributed by atoms with Crippen LogP contribution in [0.5, 0.6) is 0 Å². The highest BCUT2D eigenvalue weighted by molar-refractivity contribution is 4.91. The monoisotopic (exact) mass is 159 g/mol. The van der Waals surface area contributed by atoms with Gasteiger partial charge in [0, 0.05) is 18.6 Å². The van der Waals surface area contributed by atoms with Gasteiger partial charge in [0.25, 0.3) is 0 Å². The van der Waals surface area contributed by atoms with Gasteiger partial charge in [0.1, 0.15) is 5.67 Å². The SMILES string of the molecule is CC(C)(C)N1CC[C@](C)(F)C1. The summed E-state index contributed by atoms with van der Waals surface area (Å²) in [4.78, 5) is 2.20. The fourth-order valence-electron chi connectivity index (χ4n) is 1.50. The van der Waals surface area contributed by atoms with Crippen LogP contribution in [0.1, 0.15) is 34.1 Å². The molecule has 66 valence electrons. The van der Waals surface area contributed by atoms with Crippen molar-refractivity contribution in [3.8, 4) is 0 Å². The maximum absolute atomic E-state index is 13.3. The molecular weight excluding hydrogens is 141 g/mol. The second kappa shape index (κ2) is 2.44. The molecule has 1 heterocycles. The van der Waals surface area contributed by atoms with Gasteiger partial charge in [0.2, 0.25) is 0 Å². The lowest BCUT2D eigenvalue weighted by molar-refractivity contribution is 0.129. The van der Waals surface area contributed by atoms with E-state index in [1.165, 1.54) is 0 Å². The van der Waals surface area contributed by atoms with Gasteiger partial charge in [-0.15, -0.1) is 0 Å². The highest BCUT2D eigenvalue weighted by Crippen LogP contribution is 2.29. The largest absolute Gasteiger partial charge is 0.295 e. The third kappa shape index (κ3) is 2.16. The first kappa shape index (κ1) is 8.98. The number of alkyl halides is 1. The minimum Gasteiger partial charge on any atom is -0.295 e. The van der Waals surface area contributed by atoms with Crippen molar-refractivity contribution in [2.24, 2.45) is 0 Å². The molecule has 0 unspecified atom stereocenters. The molecule has 0 aromatic rings. The van der Waals surface area contributed by atoms with Crippen LogP contribution in [0, 0.1) is 0 Å². The molecule has 0 amide bonds. The number of nitrogens with zero attached hydrogens (tertiary/aromatic N) is 1. The smallest absolute Gasteiger partial charge is 0.122 e. The van der Waals surface area contributed by atoms with Gasteiger partial charge < -0.3 is 0 Å². The average molecular weight is 159 g/mol. The Morgan fingerprint density at radius 3 is 2.09 bits per heavy atom. The lowest BCUT2D eigenvalue weighted by Gasteiger charge is -2.31. The van der Waals surface area contributed by atoms with E-state index in [0.717, 1.165) is 6.54 Å². The van der Waals surface area contributed by atoms with Crippen molar-refractivity contribution < 1.29 is 4.39 Å². The Hall–Kier alpha value is -0.110. The second-order valence-electron chi connectivity index (χ2n) is 4.76. The molecule has 0 radical (unpaired) electrons. The summed E-state index contributed by atoms with van der Waals surface area (Å²) in [6, 6.07) is 0. The summed E-state index contributed by atoms with van der Waals surface area (Å²) >= 11 is 0. The number of halogens is 1.